The van der Waals surface area contributed by atoms with Crippen LogP contribution < -0.4 is 5.32 Å². The van der Waals surface area contributed by atoms with Gasteiger partial charge in [-0.25, -0.2) is 9.97 Å². The number of imidazole rings is 1. The van der Waals surface area contributed by atoms with Crippen molar-refractivity contribution >= 4 is 39.3 Å². The number of carbonyl (C=O) groups is 1. The van der Waals surface area contributed by atoms with Crippen LogP contribution in [0.1, 0.15) is 29.2 Å². The Morgan fingerprint density at radius 1 is 0.800 bits per heavy atom. The molecule has 0 unspecified atom stereocenters. The summed E-state index contributed by atoms with van der Waals surface area (Å²) in [5, 5.41) is 4.41. The normalized spacial score (nSPS) is 14.1. The number of benzene rings is 2. The molecule has 5 heterocycles. The van der Waals surface area contributed by atoms with E-state index in [9.17, 15) is 4.79 Å². The summed E-state index contributed by atoms with van der Waals surface area (Å²) < 4.78 is 2.25. The average Bonchev–Trinajstić information content (AvgIpc) is 3.41. The van der Waals surface area contributed by atoms with Gasteiger partial charge in [0.25, 0.3) is 5.91 Å². The van der Waals surface area contributed by atoms with Gasteiger partial charge in [-0.1, -0.05) is 18.2 Å². The molecule has 0 aliphatic carbocycles. The van der Waals surface area contributed by atoms with Crippen LogP contribution >= 0.6 is 0 Å². The lowest BCUT2D eigenvalue weighted by molar-refractivity contribution is 0.0696. The maximum atomic E-state index is 13.3. The lowest BCUT2D eigenvalue weighted by atomic mass is 10.0. The van der Waals surface area contributed by atoms with E-state index in [1.165, 1.54) is 0 Å². The molecule has 0 atom stereocenters. The quantitative estimate of drug-likeness (QED) is 0.286. The topological polar surface area (TPSA) is 88.8 Å². The van der Waals surface area contributed by atoms with E-state index < -0.39 is 0 Å². The first-order chi connectivity index (χ1) is 19.7. The lowest BCUT2D eigenvalue weighted by Gasteiger charge is -2.33. The molecule has 0 bridgehead atoms. The van der Waals surface area contributed by atoms with Crippen molar-refractivity contribution < 1.29 is 4.79 Å². The molecule has 1 aliphatic heterocycles. The zero-order valence-electron chi connectivity index (χ0n) is 21.8. The van der Waals surface area contributed by atoms with E-state index in [4.69, 9.17) is 9.97 Å². The van der Waals surface area contributed by atoms with Crippen LogP contribution in [0, 0.1) is 0 Å². The zero-order valence-corrected chi connectivity index (χ0v) is 21.8. The van der Waals surface area contributed by atoms with Crippen LogP contribution in [0.25, 0.3) is 33.5 Å². The summed E-state index contributed by atoms with van der Waals surface area (Å²) in [4.78, 5) is 33.7. The smallest absolute Gasteiger partial charge is 0.253 e. The number of fused-ring (bicyclic) bond motifs is 2. The maximum absolute atomic E-state index is 13.3. The summed E-state index contributed by atoms with van der Waals surface area (Å²) in [5.41, 5.74) is 6.23. The molecule has 1 N–H and O–H groups in total. The molecule has 0 spiro atoms. The molecule has 0 saturated carbocycles. The number of hydrogen-bond acceptors (Lipinski definition) is 6. The highest BCUT2D eigenvalue weighted by Crippen LogP contribution is 2.33. The molecule has 7 rings (SSSR count). The Morgan fingerprint density at radius 2 is 1.55 bits per heavy atom. The standard InChI is InChI=1S/C32H27N7O/c40-32(22-7-9-25(10-8-22)36-26-11-16-33-17-12-26)38-18-13-27(14-19-38)39-30(37-29-6-3-15-34-31(29)39)24-20-23-4-1-2-5-28(23)35-21-24/h1-12,15-17,20-21,27H,13-14,18-19H2,(H,33,36). The third kappa shape index (κ3) is 4.53. The van der Waals surface area contributed by atoms with E-state index in [0.29, 0.717) is 18.7 Å². The minimum Gasteiger partial charge on any atom is -0.355 e. The molecule has 40 heavy (non-hydrogen) atoms. The van der Waals surface area contributed by atoms with Crippen molar-refractivity contribution in [2.24, 2.45) is 0 Å². The second-order valence-corrected chi connectivity index (χ2v) is 10.0. The Labute approximate surface area is 231 Å². The number of hydrogen-bond donors (Lipinski definition) is 1. The molecule has 0 radical (unpaired) electrons. The molecule has 1 saturated heterocycles. The van der Waals surface area contributed by atoms with E-state index in [-0.39, 0.29) is 11.9 Å². The molecule has 1 aliphatic rings. The van der Waals surface area contributed by atoms with Crippen LogP contribution in [0.4, 0.5) is 11.4 Å². The van der Waals surface area contributed by atoms with Crippen LogP contribution in [0.5, 0.6) is 0 Å². The molecule has 1 amide bonds. The Morgan fingerprint density at radius 3 is 2.38 bits per heavy atom. The van der Waals surface area contributed by atoms with Gasteiger partial charge in [0.05, 0.1) is 5.52 Å². The zero-order chi connectivity index (χ0) is 26.9. The number of amides is 1. The Balaban J connectivity index is 1.11. The van der Waals surface area contributed by atoms with Gasteiger partial charge in [0.2, 0.25) is 0 Å². The van der Waals surface area contributed by atoms with Gasteiger partial charge < -0.3 is 14.8 Å². The first-order valence-corrected chi connectivity index (χ1v) is 13.5. The number of carbonyl (C=O) groups excluding carboxylic acids is 1. The van der Waals surface area contributed by atoms with Gasteiger partial charge in [0.1, 0.15) is 11.3 Å². The molecule has 4 aromatic heterocycles. The predicted molar refractivity (Wildman–Crippen MR) is 156 cm³/mol. The average molecular weight is 526 g/mol. The minimum absolute atomic E-state index is 0.0569. The third-order valence-corrected chi connectivity index (χ3v) is 7.52. The monoisotopic (exact) mass is 525 g/mol. The van der Waals surface area contributed by atoms with Crippen molar-refractivity contribution in [1.82, 2.24) is 29.4 Å². The van der Waals surface area contributed by atoms with E-state index >= 15 is 0 Å². The van der Waals surface area contributed by atoms with Crippen LogP contribution in [0.15, 0.2) is 104 Å². The van der Waals surface area contributed by atoms with Gasteiger partial charge in [-0.2, -0.15) is 0 Å². The molecule has 2 aromatic carbocycles. The molecule has 6 aromatic rings. The third-order valence-electron chi connectivity index (χ3n) is 7.52. The fourth-order valence-corrected chi connectivity index (χ4v) is 5.48. The van der Waals surface area contributed by atoms with E-state index in [1.54, 1.807) is 12.4 Å². The maximum Gasteiger partial charge on any atom is 0.253 e. The van der Waals surface area contributed by atoms with Crippen molar-refractivity contribution in [3.05, 3.63) is 109 Å². The van der Waals surface area contributed by atoms with Crippen molar-refractivity contribution in [1.29, 1.82) is 0 Å². The summed E-state index contributed by atoms with van der Waals surface area (Å²) in [5.74, 6) is 0.926. The Bertz CT molecular complexity index is 1810. The van der Waals surface area contributed by atoms with Crippen molar-refractivity contribution in [3.63, 3.8) is 0 Å². The van der Waals surface area contributed by atoms with E-state index in [0.717, 1.165) is 57.7 Å². The van der Waals surface area contributed by atoms with Crippen LogP contribution in [-0.4, -0.2) is 48.4 Å². The molecule has 1 fully saturated rings. The second kappa shape index (κ2) is 10.2. The Kier molecular flexibility index (Phi) is 6.12. The summed E-state index contributed by atoms with van der Waals surface area (Å²) >= 11 is 0. The highest BCUT2D eigenvalue weighted by Gasteiger charge is 2.28. The predicted octanol–water partition coefficient (Wildman–Crippen LogP) is 6.26. The van der Waals surface area contributed by atoms with E-state index in [2.05, 4.69) is 32.0 Å². The number of nitrogens with zero attached hydrogens (tertiary/aromatic N) is 6. The largest absolute Gasteiger partial charge is 0.355 e. The molecular weight excluding hydrogens is 498 g/mol. The molecular formula is C32H27N7O. The summed E-state index contributed by atoms with van der Waals surface area (Å²) in [6.07, 6.45) is 8.84. The van der Waals surface area contributed by atoms with Crippen molar-refractivity contribution in [3.8, 4) is 11.4 Å². The first-order valence-electron chi connectivity index (χ1n) is 13.5. The van der Waals surface area contributed by atoms with Crippen LogP contribution in [-0.2, 0) is 0 Å². The fourth-order valence-electron chi connectivity index (χ4n) is 5.48. The highest BCUT2D eigenvalue weighted by atomic mass is 16.2. The number of anilines is 2. The number of aromatic nitrogens is 5. The van der Waals surface area contributed by atoms with Crippen molar-refractivity contribution in [2.45, 2.75) is 18.9 Å². The Hall–Kier alpha value is -5.11. The van der Waals surface area contributed by atoms with Gasteiger partial charge in [0.15, 0.2) is 5.65 Å². The second-order valence-electron chi connectivity index (χ2n) is 10.0. The SMILES string of the molecule is O=C(c1ccc(Nc2ccncc2)cc1)N1CCC(n2c(-c3cnc4ccccc4c3)nc3cccnc32)CC1. The lowest BCUT2D eigenvalue weighted by Crippen LogP contribution is -2.39. The summed E-state index contributed by atoms with van der Waals surface area (Å²) in [6, 6.07) is 25.8. The number of rotatable bonds is 5. The number of nitrogens with one attached hydrogen (secondary N) is 1. The fraction of sp³-hybridized carbons (Fsp3) is 0.156. The minimum atomic E-state index is 0.0569. The van der Waals surface area contributed by atoms with Gasteiger partial charge in [0, 0.05) is 71.8 Å². The summed E-state index contributed by atoms with van der Waals surface area (Å²) in [6.45, 7) is 1.34. The van der Waals surface area contributed by atoms with Crippen molar-refractivity contribution in [2.75, 3.05) is 18.4 Å². The molecule has 8 nitrogen and oxygen atoms in total. The number of pyridine rings is 3. The van der Waals surface area contributed by atoms with Crippen LogP contribution in [0.3, 0.4) is 0 Å². The summed E-state index contributed by atoms with van der Waals surface area (Å²) in [7, 11) is 0. The first kappa shape index (κ1) is 24.0. The molecule has 8 heteroatoms. The number of likely N-dealkylation sites (tertiary alicyclic amines) is 1. The van der Waals surface area contributed by atoms with Gasteiger partial charge in [-0.15, -0.1) is 0 Å². The number of piperidine rings is 1. The highest BCUT2D eigenvalue weighted by molar-refractivity contribution is 5.94. The van der Waals surface area contributed by atoms with Gasteiger partial charge in [-0.05, 0) is 73.5 Å². The number of para-hydroxylation sites is 1. The van der Waals surface area contributed by atoms with E-state index in [1.807, 2.05) is 84.0 Å². The van der Waals surface area contributed by atoms with Crippen LogP contribution in [0.2, 0.25) is 0 Å². The van der Waals surface area contributed by atoms with Gasteiger partial charge >= 0.3 is 0 Å². The molecule has 196 valence electrons. The van der Waals surface area contributed by atoms with Gasteiger partial charge in [-0.3, -0.25) is 14.8 Å².